The van der Waals surface area contributed by atoms with Crippen molar-refractivity contribution in [2.45, 2.75) is 19.4 Å². The molecule has 3 heteroatoms. The van der Waals surface area contributed by atoms with Gasteiger partial charge in [-0.3, -0.25) is 4.79 Å². The highest BCUT2D eigenvalue weighted by atomic mass is 16.3. The summed E-state index contributed by atoms with van der Waals surface area (Å²) >= 11 is 0. The van der Waals surface area contributed by atoms with Gasteiger partial charge in [0.15, 0.2) is 0 Å². The molecule has 1 rings (SSSR count). The number of aliphatic hydroxyl groups excluding tert-OH is 1. The van der Waals surface area contributed by atoms with Crippen molar-refractivity contribution in [2.24, 2.45) is 5.92 Å². The van der Waals surface area contributed by atoms with Gasteiger partial charge in [0.25, 0.3) is 0 Å². The standard InChI is InChI=1S/C6H11NO2/c1-4(8)5-2-3-7-6(5)9/h4-5,8H,2-3H2,1H3,(H,7,9)/t4-,5-/m0/s1. The zero-order valence-corrected chi connectivity index (χ0v) is 5.42. The fourth-order valence-corrected chi connectivity index (χ4v) is 1.07. The van der Waals surface area contributed by atoms with Gasteiger partial charge in [0, 0.05) is 6.54 Å². The minimum Gasteiger partial charge on any atom is -0.393 e. The van der Waals surface area contributed by atoms with E-state index in [-0.39, 0.29) is 11.8 Å². The Kier molecular flexibility index (Phi) is 1.71. The lowest BCUT2D eigenvalue weighted by Gasteiger charge is -2.07. The fraction of sp³-hybridized carbons (Fsp3) is 0.833. The molecule has 1 heterocycles. The molecule has 52 valence electrons. The van der Waals surface area contributed by atoms with Crippen LogP contribution in [0, 0.1) is 5.92 Å². The predicted octanol–water partition coefficient (Wildman–Crippen LogP) is -0.497. The largest absolute Gasteiger partial charge is 0.393 e. The zero-order chi connectivity index (χ0) is 6.85. The Morgan fingerprint density at radius 1 is 1.89 bits per heavy atom. The Balaban J connectivity index is 2.49. The number of carbonyl (C=O) groups is 1. The molecule has 0 saturated carbocycles. The molecule has 1 saturated heterocycles. The van der Waals surface area contributed by atoms with Gasteiger partial charge in [-0.15, -0.1) is 0 Å². The molecule has 1 fully saturated rings. The molecule has 9 heavy (non-hydrogen) atoms. The fourth-order valence-electron chi connectivity index (χ4n) is 1.07. The van der Waals surface area contributed by atoms with Crippen LogP contribution < -0.4 is 5.32 Å². The average Bonchev–Trinajstić information content (AvgIpc) is 2.13. The summed E-state index contributed by atoms with van der Waals surface area (Å²) in [5, 5.41) is 11.6. The molecule has 0 unspecified atom stereocenters. The van der Waals surface area contributed by atoms with Crippen LogP contribution in [0.5, 0.6) is 0 Å². The molecule has 1 aliphatic heterocycles. The van der Waals surface area contributed by atoms with E-state index in [1.807, 2.05) is 0 Å². The summed E-state index contributed by atoms with van der Waals surface area (Å²) in [5.41, 5.74) is 0. The molecule has 0 radical (unpaired) electrons. The van der Waals surface area contributed by atoms with Crippen LogP contribution in [0.2, 0.25) is 0 Å². The molecular formula is C6H11NO2. The van der Waals surface area contributed by atoms with E-state index in [0.717, 1.165) is 6.42 Å². The highest BCUT2D eigenvalue weighted by molar-refractivity contribution is 5.81. The van der Waals surface area contributed by atoms with Crippen LogP contribution in [-0.4, -0.2) is 23.7 Å². The zero-order valence-electron chi connectivity index (χ0n) is 5.42. The van der Waals surface area contributed by atoms with Crippen molar-refractivity contribution in [1.29, 1.82) is 0 Å². The molecule has 1 amide bonds. The molecule has 2 N–H and O–H groups in total. The van der Waals surface area contributed by atoms with Gasteiger partial charge in [-0.25, -0.2) is 0 Å². The molecule has 2 atom stereocenters. The van der Waals surface area contributed by atoms with Crippen LogP contribution in [0.25, 0.3) is 0 Å². The summed E-state index contributed by atoms with van der Waals surface area (Å²) in [4.78, 5) is 10.7. The Hall–Kier alpha value is -0.570. The summed E-state index contributed by atoms with van der Waals surface area (Å²) in [6, 6.07) is 0. The van der Waals surface area contributed by atoms with Crippen LogP contribution in [-0.2, 0) is 4.79 Å². The van der Waals surface area contributed by atoms with Crippen molar-refractivity contribution in [2.75, 3.05) is 6.54 Å². The Labute approximate surface area is 54.1 Å². The number of nitrogens with one attached hydrogen (secondary N) is 1. The van der Waals surface area contributed by atoms with Crippen molar-refractivity contribution in [3.63, 3.8) is 0 Å². The van der Waals surface area contributed by atoms with Gasteiger partial charge < -0.3 is 10.4 Å². The second-order valence-corrected chi connectivity index (χ2v) is 2.43. The molecular weight excluding hydrogens is 118 g/mol. The lowest BCUT2D eigenvalue weighted by atomic mass is 10.0. The van der Waals surface area contributed by atoms with Gasteiger partial charge in [-0.2, -0.15) is 0 Å². The maximum atomic E-state index is 10.7. The van der Waals surface area contributed by atoms with E-state index in [1.54, 1.807) is 6.92 Å². The molecule has 0 spiro atoms. The Morgan fingerprint density at radius 2 is 2.56 bits per heavy atom. The van der Waals surface area contributed by atoms with Crippen molar-refractivity contribution < 1.29 is 9.90 Å². The maximum Gasteiger partial charge on any atom is 0.225 e. The van der Waals surface area contributed by atoms with Crippen LogP contribution >= 0.6 is 0 Å². The van der Waals surface area contributed by atoms with Gasteiger partial charge in [0.05, 0.1) is 12.0 Å². The van der Waals surface area contributed by atoms with Crippen molar-refractivity contribution in [3.8, 4) is 0 Å². The molecule has 0 aromatic rings. The second-order valence-electron chi connectivity index (χ2n) is 2.43. The van der Waals surface area contributed by atoms with E-state index in [4.69, 9.17) is 5.11 Å². The first-order valence-corrected chi connectivity index (χ1v) is 3.17. The van der Waals surface area contributed by atoms with E-state index in [2.05, 4.69) is 5.32 Å². The Morgan fingerprint density at radius 3 is 2.78 bits per heavy atom. The number of rotatable bonds is 1. The highest BCUT2D eigenvalue weighted by Gasteiger charge is 2.27. The summed E-state index contributed by atoms with van der Waals surface area (Å²) < 4.78 is 0. The normalized spacial score (nSPS) is 30.0. The lowest BCUT2D eigenvalue weighted by molar-refractivity contribution is -0.125. The van der Waals surface area contributed by atoms with Crippen molar-refractivity contribution in [1.82, 2.24) is 5.32 Å². The quantitative estimate of drug-likeness (QED) is 0.501. The van der Waals surface area contributed by atoms with E-state index in [1.165, 1.54) is 0 Å². The number of aliphatic hydroxyl groups is 1. The van der Waals surface area contributed by atoms with Crippen LogP contribution in [0.3, 0.4) is 0 Å². The number of hydrogen-bond donors (Lipinski definition) is 2. The molecule has 0 aromatic carbocycles. The van der Waals surface area contributed by atoms with Gasteiger partial charge in [0.1, 0.15) is 0 Å². The van der Waals surface area contributed by atoms with Crippen LogP contribution in [0.1, 0.15) is 13.3 Å². The van der Waals surface area contributed by atoms with Gasteiger partial charge in [-0.1, -0.05) is 0 Å². The third-order valence-electron chi connectivity index (χ3n) is 1.67. The van der Waals surface area contributed by atoms with Gasteiger partial charge >= 0.3 is 0 Å². The van der Waals surface area contributed by atoms with Gasteiger partial charge in [0.2, 0.25) is 5.91 Å². The average molecular weight is 129 g/mol. The molecule has 0 bridgehead atoms. The molecule has 0 aliphatic carbocycles. The first kappa shape index (κ1) is 6.55. The maximum absolute atomic E-state index is 10.7. The van der Waals surface area contributed by atoms with Crippen molar-refractivity contribution >= 4 is 5.91 Å². The third-order valence-corrected chi connectivity index (χ3v) is 1.67. The summed E-state index contributed by atoms with van der Waals surface area (Å²) in [6.07, 6.45) is 0.281. The summed E-state index contributed by atoms with van der Waals surface area (Å²) in [5.74, 6) is -0.171. The van der Waals surface area contributed by atoms with E-state index in [0.29, 0.717) is 6.54 Å². The predicted molar refractivity (Wildman–Crippen MR) is 32.8 cm³/mol. The van der Waals surface area contributed by atoms with E-state index < -0.39 is 6.10 Å². The molecule has 1 aliphatic rings. The first-order valence-electron chi connectivity index (χ1n) is 3.17. The lowest BCUT2D eigenvalue weighted by Crippen LogP contribution is -2.26. The van der Waals surface area contributed by atoms with Gasteiger partial charge in [-0.05, 0) is 13.3 Å². The Bertz CT molecular complexity index is 122. The van der Waals surface area contributed by atoms with Crippen LogP contribution in [0.15, 0.2) is 0 Å². The topological polar surface area (TPSA) is 49.3 Å². The summed E-state index contributed by atoms with van der Waals surface area (Å²) in [7, 11) is 0. The van der Waals surface area contributed by atoms with Crippen LogP contribution in [0.4, 0.5) is 0 Å². The molecule has 3 nitrogen and oxygen atoms in total. The number of carbonyl (C=O) groups excluding carboxylic acids is 1. The van der Waals surface area contributed by atoms with E-state index in [9.17, 15) is 4.79 Å². The second kappa shape index (κ2) is 2.35. The van der Waals surface area contributed by atoms with Crippen molar-refractivity contribution in [3.05, 3.63) is 0 Å². The first-order chi connectivity index (χ1) is 4.22. The minimum absolute atomic E-state index is 0.00926. The smallest absolute Gasteiger partial charge is 0.225 e. The molecule has 0 aromatic heterocycles. The number of amides is 1. The third kappa shape index (κ3) is 1.21. The monoisotopic (exact) mass is 129 g/mol. The highest BCUT2D eigenvalue weighted by Crippen LogP contribution is 2.12. The number of hydrogen-bond acceptors (Lipinski definition) is 2. The summed E-state index contributed by atoms with van der Waals surface area (Å²) in [6.45, 7) is 2.37. The SMILES string of the molecule is C[C@H](O)[C@@H]1CCNC1=O. The van der Waals surface area contributed by atoms with E-state index >= 15 is 0 Å². The minimum atomic E-state index is -0.493.